The zero-order valence-corrected chi connectivity index (χ0v) is 16.5. The normalized spacial score (nSPS) is 22.0. The highest BCUT2D eigenvalue weighted by molar-refractivity contribution is 7.91. The maximum atomic E-state index is 13.1. The van der Waals surface area contributed by atoms with Crippen molar-refractivity contribution in [1.29, 1.82) is 0 Å². The van der Waals surface area contributed by atoms with E-state index in [1.54, 1.807) is 4.90 Å². The van der Waals surface area contributed by atoms with Crippen LogP contribution in [-0.2, 0) is 26.0 Å². The van der Waals surface area contributed by atoms with E-state index in [0.29, 0.717) is 18.7 Å². The molecule has 7 nitrogen and oxygen atoms in total. The quantitative estimate of drug-likeness (QED) is 0.763. The Kier molecular flexibility index (Phi) is 5.64. The predicted molar refractivity (Wildman–Crippen MR) is 103 cm³/mol. The standard InChI is InChI=1S/C19H25N3O4S/c1-14(2)21(12-15-6-4-3-5-7-15)19(24)17-8-9-18(23)22(20-17)16-10-11-27(25,26)13-16/h3-7,14,16H,8-13H2,1-2H3. The molecule has 1 atom stereocenters. The molecule has 1 aromatic rings. The molecule has 1 fully saturated rings. The van der Waals surface area contributed by atoms with Gasteiger partial charge in [0.1, 0.15) is 5.71 Å². The van der Waals surface area contributed by atoms with E-state index in [1.165, 1.54) is 5.01 Å². The van der Waals surface area contributed by atoms with Crippen LogP contribution in [0.3, 0.4) is 0 Å². The molecule has 0 N–H and O–H groups in total. The van der Waals surface area contributed by atoms with E-state index in [-0.39, 0.29) is 42.2 Å². The molecule has 0 aliphatic carbocycles. The number of hydrogen-bond acceptors (Lipinski definition) is 5. The fraction of sp³-hybridized carbons (Fsp3) is 0.526. The lowest BCUT2D eigenvalue weighted by Crippen LogP contribution is -2.46. The highest BCUT2D eigenvalue weighted by Crippen LogP contribution is 2.23. The van der Waals surface area contributed by atoms with Crippen molar-refractivity contribution in [1.82, 2.24) is 9.91 Å². The van der Waals surface area contributed by atoms with E-state index in [2.05, 4.69) is 5.10 Å². The van der Waals surface area contributed by atoms with Gasteiger partial charge in [0.05, 0.1) is 17.5 Å². The molecule has 2 amide bonds. The van der Waals surface area contributed by atoms with Gasteiger partial charge in [0.15, 0.2) is 9.84 Å². The van der Waals surface area contributed by atoms with Crippen LogP contribution in [0, 0.1) is 0 Å². The molecule has 1 aromatic carbocycles. The van der Waals surface area contributed by atoms with Crippen molar-refractivity contribution in [2.45, 2.75) is 51.7 Å². The monoisotopic (exact) mass is 391 g/mol. The Bertz CT molecular complexity index is 849. The van der Waals surface area contributed by atoms with Gasteiger partial charge in [-0.05, 0) is 25.8 Å². The molecule has 146 valence electrons. The Morgan fingerprint density at radius 2 is 1.96 bits per heavy atom. The van der Waals surface area contributed by atoms with Crippen LogP contribution in [-0.4, -0.2) is 59.4 Å². The van der Waals surface area contributed by atoms with Crippen molar-refractivity contribution in [3.8, 4) is 0 Å². The van der Waals surface area contributed by atoms with Crippen LogP contribution in [0.15, 0.2) is 35.4 Å². The van der Waals surface area contributed by atoms with Crippen LogP contribution >= 0.6 is 0 Å². The van der Waals surface area contributed by atoms with Crippen LogP contribution < -0.4 is 0 Å². The second kappa shape index (κ2) is 7.80. The number of carbonyl (C=O) groups excluding carboxylic acids is 2. The van der Waals surface area contributed by atoms with E-state index < -0.39 is 15.9 Å². The first kappa shape index (κ1) is 19.5. The van der Waals surface area contributed by atoms with Crippen molar-refractivity contribution >= 4 is 27.4 Å². The molecule has 0 aromatic heterocycles. The zero-order valence-electron chi connectivity index (χ0n) is 15.7. The number of amides is 2. The lowest BCUT2D eigenvalue weighted by atomic mass is 10.1. The highest BCUT2D eigenvalue weighted by atomic mass is 32.2. The third-order valence-electron chi connectivity index (χ3n) is 4.94. The molecule has 0 radical (unpaired) electrons. The number of benzene rings is 1. The summed E-state index contributed by atoms with van der Waals surface area (Å²) in [5.74, 6) is -0.437. The Morgan fingerprint density at radius 1 is 1.26 bits per heavy atom. The molecule has 2 aliphatic heterocycles. The summed E-state index contributed by atoms with van der Waals surface area (Å²) in [6, 6.07) is 9.21. The third-order valence-corrected chi connectivity index (χ3v) is 6.69. The fourth-order valence-electron chi connectivity index (χ4n) is 3.41. The van der Waals surface area contributed by atoms with Crippen LogP contribution in [0.2, 0.25) is 0 Å². The van der Waals surface area contributed by atoms with Crippen LogP contribution in [0.4, 0.5) is 0 Å². The average molecular weight is 391 g/mol. The molecular formula is C19H25N3O4S. The van der Waals surface area contributed by atoms with Crippen LogP contribution in [0.5, 0.6) is 0 Å². The van der Waals surface area contributed by atoms with Gasteiger partial charge in [0.2, 0.25) is 5.91 Å². The molecule has 0 saturated carbocycles. The molecule has 0 spiro atoms. The zero-order chi connectivity index (χ0) is 19.6. The van der Waals surface area contributed by atoms with Gasteiger partial charge in [-0.15, -0.1) is 0 Å². The minimum Gasteiger partial charge on any atom is -0.331 e. The summed E-state index contributed by atoms with van der Waals surface area (Å²) < 4.78 is 23.5. The topological polar surface area (TPSA) is 87.1 Å². The third kappa shape index (κ3) is 4.55. The molecule has 8 heteroatoms. The Balaban J connectivity index is 1.81. The number of hydrazone groups is 1. The van der Waals surface area contributed by atoms with Gasteiger partial charge in [-0.3, -0.25) is 9.59 Å². The Labute approximate surface area is 159 Å². The van der Waals surface area contributed by atoms with Gasteiger partial charge in [-0.2, -0.15) is 5.10 Å². The molecule has 0 bridgehead atoms. The SMILES string of the molecule is CC(C)N(Cc1ccccc1)C(=O)C1=NN(C2CCS(=O)(=O)C2)C(=O)CC1. The Morgan fingerprint density at radius 3 is 2.56 bits per heavy atom. The smallest absolute Gasteiger partial charge is 0.270 e. The lowest BCUT2D eigenvalue weighted by Gasteiger charge is -2.31. The van der Waals surface area contributed by atoms with E-state index in [1.807, 2.05) is 44.2 Å². The predicted octanol–water partition coefficient (Wildman–Crippen LogP) is 1.59. The molecule has 27 heavy (non-hydrogen) atoms. The van der Waals surface area contributed by atoms with Crippen molar-refractivity contribution in [3.05, 3.63) is 35.9 Å². The van der Waals surface area contributed by atoms with Crippen molar-refractivity contribution in [2.24, 2.45) is 5.10 Å². The second-order valence-corrected chi connectivity index (χ2v) is 9.58. The first-order chi connectivity index (χ1) is 12.8. The molecule has 2 aliphatic rings. The van der Waals surface area contributed by atoms with Crippen molar-refractivity contribution < 1.29 is 18.0 Å². The highest BCUT2D eigenvalue weighted by Gasteiger charge is 2.38. The molecule has 2 heterocycles. The second-order valence-electron chi connectivity index (χ2n) is 7.35. The van der Waals surface area contributed by atoms with Crippen LogP contribution in [0.25, 0.3) is 0 Å². The van der Waals surface area contributed by atoms with E-state index in [9.17, 15) is 18.0 Å². The average Bonchev–Trinajstić information content (AvgIpc) is 3.00. The lowest BCUT2D eigenvalue weighted by molar-refractivity contribution is -0.134. The molecule has 1 unspecified atom stereocenters. The number of hydrogen-bond donors (Lipinski definition) is 0. The Hall–Kier alpha value is -2.22. The summed E-state index contributed by atoms with van der Waals surface area (Å²) >= 11 is 0. The van der Waals surface area contributed by atoms with E-state index >= 15 is 0 Å². The molecular weight excluding hydrogens is 366 g/mol. The summed E-state index contributed by atoms with van der Waals surface area (Å²) in [6.07, 6.45) is 0.834. The van der Waals surface area contributed by atoms with E-state index in [0.717, 1.165) is 5.56 Å². The van der Waals surface area contributed by atoms with Crippen LogP contribution in [0.1, 0.15) is 38.7 Å². The summed E-state index contributed by atoms with van der Waals surface area (Å²) in [5, 5.41) is 5.54. The van der Waals surface area contributed by atoms with Gasteiger partial charge >= 0.3 is 0 Å². The maximum absolute atomic E-state index is 13.1. The number of sulfone groups is 1. The van der Waals surface area contributed by atoms with Gasteiger partial charge in [-0.25, -0.2) is 13.4 Å². The van der Waals surface area contributed by atoms with Crippen molar-refractivity contribution in [2.75, 3.05) is 11.5 Å². The van der Waals surface area contributed by atoms with Gasteiger partial charge in [0, 0.05) is 25.4 Å². The summed E-state index contributed by atoms with van der Waals surface area (Å²) in [4.78, 5) is 27.1. The minimum atomic E-state index is -3.13. The first-order valence-corrected chi connectivity index (χ1v) is 11.0. The molecule has 3 rings (SSSR count). The molecule has 1 saturated heterocycles. The van der Waals surface area contributed by atoms with Gasteiger partial charge < -0.3 is 4.90 Å². The summed E-state index contributed by atoms with van der Waals surface area (Å²) in [5.41, 5.74) is 1.34. The first-order valence-electron chi connectivity index (χ1n) is 9.21. The largest absolute Gasteiger partial charge is 0.331 e. The maximum Gasteiger partial charge on any atom is 0.270 e. The minimum absolute atomic E-state index is 0.0293. The number of rotatable bonds is 5. The fourth-order valence-corrected chi connectivity index (χ4v) is 5.11. The van der Waals surface area contributed by atoms with Gasteiger partial charge in [-0.1, -0.05) is 30.3 Å². The van der Waals surface area contributed by atoms with Crippen molar-refractivity contribution in [3.63, 3.8) is 0 Å². The summed E-state index contributed by atoms with van der Waals surface area (Å²) in [6.45, 7) is 4.34. The summed E-state index contributed by atoms with van der Waals surface area (Å²) in [7, 11) is -3.13. The number of carbonyl (C=O) groups is 2. The van der Waals surface area contributed by atoms with E-state index in [4.69, 9.17) is 0 Å². The number of nitrogens with zero attached hydrogens (tertiary/aromatic N) is 3. The van der Waals surface area contributed by atoms with Gasteiger partial charge in [0.25, 0.3) is 5.91 Å².